The maximum Gasteiger partial charge on any atom is 0.185 e. The molecule has 0 bridgehead atoms. The minimum absolute atomic E-state index is 0.468. The van der Waals surface area contributed by atoms with Gasteiger partial charge in [0.15, 0.2) is 5.78 Å². The van der Waals surface area contributed by atoms with E-state index in [2.05, 4.69) is 51.1 Å². The first-order chi connectivity index (χ1) is 10.8. The first-order valence-electron chi connectivity index (χ1n) is 7.92. The Morgan fingerprint density at radius 1 is 0.957 bits per heavy atom. The van der Waals surface area contributed by atoms with Crippen LogP contribution < -0.4 is 5.11 Å². The number of carboxylic acids is 1. The number of hydrogen-bond donors (Lipinski definition) is 0. The summed E-state index contributed by atoms with van der Waals surface area (Å²) in [6, 6.07) is 11.0. The van der Waals surface area contributed by atoms with Crippen LogP contribution in [0.4, 0.5) is 0 Å². The monoisotopic (exact) mass is 338 g/mol. The Labute approximate surface area is 139 Å². The molecule has 0 amide bonds. The van der Waals surface area contributed by atoms with E-state index >= 15 is 0 Å². The van der Waals surface area contributed by atoms with Crippen molar-refractivity contribution in [2.24, 2.45) is 0 Å². The summed E-state index contributed by atoms with van der Waals surface area (Å²) < 4.78 is 0. The molecule has 0 N–H and O–H groups in total. The fourth-order valence-corrected chi connectivity index (χ4v) is 5.27. The normalized spacial score (nSPS) is 10.4. The van der Waals surface area contributed by atoms with Crippen molar-refractivity contribution < 1.29 is 19.5 Å². The molecule has 0 saturated carbocycles. The number of benzene rings is 1. The minimum Gasteiger partial charge on any atom is -0.542 e. The first-order valence-corrected chi connectivity index (χ1v) is 10.5. The van der Waals surface area contributed by atoms with E-state index in [0.717, 1.165) is 6.92 Å². The SMILES string of the molecule is CC(=O)CC(=O)C(=O)[O-].CC[P+](CC)(CC)Cc1ccccc1. The molecular formula is C18H27O4P. The van der Waals surface area contributed by atoms with Crippen LogP contribution >= 0.6 is 7.26 Å². The zero-order chi connectivity index (χ0) is 17.9. The molecule has 5 heteroatoms. The van der Waals surface area contributed by atoms with Crippen molar-refractivity contribution in [1.82, 2.24) is 0 Å². The highest BCUT2D eigenvalue weighted by Crippen LogP contribution is 2.60. The Morgan fingerprint density at radius 3 is 1.74 bits per heavy atom. The van der Waals surface area contributed by atoms with E-state index in [-0.39, 0.29) is 0 Å². The van der Waals surface area contributed by atoms with Crippen LogP contribution in [0.25, 0.3) is 0 Å². The third-order valence-corrected chi connectivity index (χ3v) is 9.07. The Balaban J connectivity index is 0.000000468. The molecule has 4 nitrogen and oxygen atoms in total. The summed E-state index contributed by atoms with van der Waals surface area (Å²) in [7, 11) is -0.661. The van der Waals surface area contributed by atoms with Gasteiger partial charge in [0, 0.05) is 7.26 Å². The maximum absolute atomic E-state index is 10.1. The molecule has 1 rings (SSSR count). The molecule has 0 aliphatic carbocycles. The lowest BCUT2D eigenvalue weighted by Crippen LogP contribution is -2.32. The van der Waals surface area contributed by atoms with E-state index in [9.17, 15) is 19.5 Å². The molecule has 0 atom stereocenters. The summed E-state index contributed by atoms with van der Waals surface area (Å²) >= 11 is 0. The molecule has 0 spiro atoms. The molecular weight excluding hydrogens is 311 g/mol. The third-order valence-electron chi connectivity index (χ3n) is 4.01. The molecule has 1 aromatic rings. The van der Waals surface area contributed by atoms with Crippen LogP contribution in [-0.2, 0) is 20.5 Å². The fourth-order valence-electron chi connectivity index (χ4n) is 2.28. The number of carbonyl (C=O) groups excluding carboxylic acids is 3. The van der Waals surface area contributed by atoms with Crippen molar-refractivity contribution in [3.8, 4) is 0 Å². The van der Waals surface area contributed by atoms with Crippen LogP contribution in [0, 0.1) is 0 Å². The predicted octanol–water partition coefficient (Wildman–Crippen LogP) is 2.55. The van der Waals surface area contributed by atoms with Gasteiger partial charge in [-0.1, -0.05) is 30.3 Å². The minimum atomic E-state index is -1.80. The van der Waals surface area contributed by atoms with Crippen molar-refractivity contribution >= 4 is 24.8 Å². The highest BCUT2D eigenvalue weighted by molar-refractivity contribution is 7.75. The molecule has 0 aliphatic rings. The lowest BCUT2D eigenvalue weighted by atomic mass is 10.2. The van der Waals surface area contributed by atoms with E-state index < -0.39 is 31.2 Å². The summed E-state index contributed by atoms with van der Waals surface area (Å²) in [5.74, 6) is -3.43. The molecule has 0 aliphatic heterocycles. The summed E-state index contributed by atoms with van der Waals surface area (Å²) in [6.07, 6.45) is 4.97. The van der Waals surface area contributed by atoms with Gasteiger partial charge in [-0.05, 0) is 33.3 Å². The van der Waals surface area contributed by atoms with Crippen LogP contribution in [0.5, 0.6) is 0 Å². The number of rotatable bonds is 8. The summed E-state index contributed by atoms with van der Waals surface area (Å²) in [4.78, 5) is 29.7. The highest BCUT2D eigenvalue weighted by atomic mass is 31.2. The molecule has 0 heterocycles. The topological polar surface area (TPSA) is 74.3 Å². The van der Waals surface area contributed by atoms with Crippen LogP contribution in [0.15, 0.2) is 30.3 Å². The molecule has 0 saturated heterocycles. The van der Waals surface area contributed by atoms with Crippen molar-refractivity contribution in [2.75, 3.05) is 18.5 Å². The summed E-state index contributed by atoms with van der Waals surface area (Å²) in [5.41, 5.74) is 1.53. The van der Waals surface area contributed by atoms with E-state index in [1.807, 2.05) is 0 Å². The Hall–Kier alpha value is -1.54. The van der Waals surface area contributed by atoms with Gasteiger partial charge >= 0.3 is 0 Å². The summed E-state index contributed by atoms with van der Waals surface area (Å²) in [6.45, 7) is 8.23. The van der Waals surface area contributed by atoms with Gasteiger partial charge in [0.2, 0.25) is 0 Å². The van der Waals surface area contributed by atoms with Crippen LogP contribution in [-0.4, -0.2) is 36.0 Å². The van der Waals surface area contributed by atoms with Crippen molar-refractivity contribution in [3.05, 3.63) is 35.9 Å². The average Bonchev–Trinajstić information content (AvgIpc) is 2.53. The zero-order valence-electron chi connectivity index (χ0n) is 14.5. The standard InChI is InChI=1S/C13H22P.C5H6O4/c1-4-14(5-2,6-3)12-13-10-8-7-9-11-13;1-3(6)2-4(7)5(8)9/h7-11H,4-6,12H2,1-3H3;2H2,1H3,(H,8,9)/q+1;/p-1. The van der Waals surface area contributed by atoms with E-state index in [4.69, 9.17) is 0 Å². The van der Waals surface area contributed by atoms with Crippen molar-refractivity contribution in [2.45, 2.75) is 40.3 Å². The lowest BCUT2D eigenvalue weighted by molar-refractivity contribution is -0.300. The fraction of sp³-hybridized carbons (Fsp3) is 0.500. The largest absolute Gasteiger partial charge is 0.542 e. The zero-order valence-corrected chi connectivity index (χ0v) is 15.4. The van der Waals surface area contributed by atoms with Crippen molar-refractivity contribution in [3.63, 3.8) is 0 Å². The molecule has 0 aromatic heterocycles. The van der Waals surface area contributed by atoms with Gasteiger partial charge in [0.25, 0.3) is 0 Å². The van der Waals surface area contributed by atoms with Crippen LogP contribution in [0.2, 0.25) is 0 Å². The highest BCUT2D eigenvalue weighted by Gasteiger charge is 2.30. The van der Waals surface area contributed by atoms with Crippen LogP contribution in [0.1, 0.15) is 39.7 Å². The van der Waals surface area contributed by atoms with Gasteiger partial charge in [-0.25, -0.2) is 0 Å². The Bertz CT molecular complexity index is 499. The molecule has 0 unspecified atom stereocenters. The molecule has 0 radical (unpaired) electrons. The second-order valence-corrected chi connectivity index (χ2v) is 10.4. The molecule has 23 heavy (non-hydrogen) atoms. The van der Waals surface area contributed by atoms with Gasteiger partial charge in [0.1, 0.15) is 11.8 Å². The quantitative estimate of drug-likeness (QED) is 0.415. The number of Topliss-reactive ketones (excluding diaryl/α,β-unsaturated/α-hetero) is 2. The van der Waals surface area contributed by atoms with Gasteiger partial charge < -0.3 is 9.90 Å². The third kappa shape index (κ3) is 8.61. The van der Waals surface area contributed by atoms with Gasteiger partial charge in [0.05, 0.1) is 31.1 Å². The Kier molecular flexibility index (Phi) is 10.3. The Morgan fingerprint density at radius 2 is 1.43 bits per heavy atom. The lowest BCUT2D eigenvalue weighted by Gasteiger charge is -2.23. The number of hydrogen-bond acceptors (Lipinski definition) is 4. The van der Waals surface area contributed by atoms with Gasteiger partial charge in [-0.3, -0.25) is 9.59 Å². The number of aliphatic carboxylic acids is 1. The second kappa shape index (κ2) is 11.1. The number of carbonyl (C=O) groups is 3. The maximum atomic E-state index is 10.1. The van der Waals surface area contributed by atoms with Gasteiger partial charge in [-0.2, -0.15) is 0 Å². The second-order valence-electron chi connectivity index (χ2n) is 5.52. The average molecular weight is 338 g/mol. The summed E-state index contributed by atoms with van der Waals surface area (Å²) in [5, 5.41) is 9.62. The van der Waals surface area contributed by atoms with Crippen LogP contribution in [0.3, 0.4) is 0 Å². The molecule has 128 valence electrons. The smallest absolute Gasteiger partial charge is 0.185 e. The number of ketones is 2. The predicted molar refractivity (Wildman–Crippen MR) is 94.0 cm³/mol. The number of carboxylic acid groups (broad SMARTS) is 1. The molecule has 1 aromatic carbocycles. The van der Waals surface area contributed by atoms with E-state index in [1.165, 1.54) is 30.2 Å². The van der Waals surface area contributed by atoms with E-state index in [1.54, 1.807) is 0 Å². The van der Waals surface area contributed by atoms with Gasteiger partial charge in [-0.15, -0.1) is 0 Å². The first kappa shape index (κ1) is 21.5. The van der Waals surface area contributed by atoms with Crippen molar-refractivity contribution in [1.29, 1.82) is 0 Å². The van der Waals surface area contributed by atoms with E-state index in [0.29, 0.717) is 0 Å². The molecule has 0 fully saturated rings.